The van der Waals surface area contributed by atoms with Gasteiger partial charge in [0, 0.05) is 5.41 Å². The second kappa shape index (κ2) is 6.22. The molecule has 0 heterocycles. The summed E-state index contributed by atoms with van der Waals surface area (Å²) in [6, 6.07) is 14.8. The van der Waals surface area contributed by atoms with Gasteiger partial charge in [0.25, 0.3) is 0 Å². The summed E-state index contributed by atoms with van der Waals surface area (Å²) in [4.78, 5) is 11.6. The molecule has 2 aromatic rings. The molecule has 2 aromatic carbocycles. The standard InChI is InChI=1S/C19H22O3/c1-13(2)18(21)22-17-11-7-15(8-12-17)19(3,4)14-5-9-16(20)10-6-14/h5-13,20H,1-4H3. The van der Waals surface area contributed by atoms with E-state index in [0.717, 1.165) is 11.1 Å². The van der Waals surface area contributed by atoms with Gasteiger partial charge >= 0.3 is 5.97 Å². The van der Waals surface area contributed by atoms with E-state index in [-0.39, 0.29) is 23.1 Å². The van der Waals surface area contributed by atoms with Gasteiger partial charge in [-0.05, 0) is 35.4 Å². The van der Waals surface area contributed by atoms with Gasteiger partial charge in [0.2, 0.25) is 0 Å². The van der Waals surface area contributed by atoms with Crippen LogP contribution < -0.4 is 4.74 Å². The molecule has 0 aliphatic carbocycles. The van der Waals surface area contributed by atoms with E-state index in [9.17, 15) is 9.90 Å². The molecule has 1 N–H and O–H groups in total. The molecule has 2 rings (SSSR count). The number of hydrogen-bond acceptors (Lipinski definition) is 3. The van der Waals surface area contributed by atoms with Crippen molar-refractivity contribution in [3.63, 3.8) is 0 Å². The number of carbonyl (C=O) groups excluding carboxylic acids is 1. The van der Waals surface area contributed by atoms with E-state index in [2.05, 4.69) is 13.8 Å². The van der Waals surface area contributed by atoms with Crippen LogP contribution in [0.1, 0.15) is 38.8 Å². The molecule has 3 nitrogen and oxygen atoms in total. The summed E-state index contributed by atoms with van der Waals surface area (Å²) in [6.07, 6.45) is 0. The van der Waals surface area contributed by atoms with E-state index in [0.29, 0.717) is 5.75 Å². The Labute approximate surface area is 131 Å². The maximum absolute atomic E-state index is 11.6. The normalized spacial score (nSPS) is 11.5. The maximum atomic E-state index is 11.6. The number of benzene rings is 2. The molecule has 0 unspecified atom stereocenters. The zero-order valence-corrected chi connectivity index (χ0v) is 13.5. The van der Waals surface area contributed by atoms with E-state index >= 15 is 0 Å². The third kappa shape index (κ3) is 3.48. The van der Waals surface area contributed by atoms with Crippen LogP contribution in [-0.4, -0.2) is 11.1 Å². The highest BCUT2D eigenvalue weighted by Crippen LogP contribution is 2.33. The fourth-order valence-corrected chi connectivity index (χ4v) is 2.22. The summed E-state index contributed by atoms with van der Waals surface area (Å²) in [6.45, 7) is 7.86. The highest BCUT2D eigenvalue weighted by atomic mass is 16.5. The minimum atomic E-state index is -0.231. The number of phenols is 1. The second-order valence-corrected chi connectivity index (χ2v) is 6.27. The van der Waals surface area contributed by atoms with Gasteiger partial charge in [-0.3, -0.25) is 4.79 Å². The zero-order chi connectivity index (χ0) is 16.3. The molecular formula is C19H22O3. The summed E-state index contributed by atoms with van der Waals surface area (Å²) >= 11 is 0. The van der Waals surface area contributed by atoms with Crippen molar-refractivity contribution in [3.8, 4) is 11.5 Å². The Bertz CT molecular complexity index is 637. The van der Waals surface area contributed by atoms with Gasteiger partial charge in [-0.1, -0.05) is 52.0 Å². The molecule has 0 bridgehead atoms. The minimum Gasteiger partial charge on any atom is -0.508 e. The van der Waals surface area contributed by atoms with Crippen molar-refractivity contribution in [2.24, 2.45) is 5.92 Å². The first-order valence-corrected chi connectivity index (χ1v) is 7.42. The first-order valence-electron chi connectivity index (χ1n) is 7.42. The number of hydrogen-bond donors (Lipinski definition) is 1. The molecule has 0 saturated carbocycles. The van der Waals surface area contributed by atoms with Crippen LogP contribution in [0.4, 0.5) is 0 Å². The van der Waals surface area contributed by atoms with Crippen LogP contribution in [0.3, 0.4) is 0 Å². The largest absolute Gasteiger partial charge is 0.508 e. The molecule has 22 heavy (non-hydrogen) atoms. The van der Waals surface area contributed by atoms with Crippen molar-refractivity contribution in [1.29, 1.82) is 0 Å². The molecule has 0 aliphatic heterocycles. The number of ether oxygens (including phenoxy) is 1. The van der Waals surface area contributed by atoms with Crippen molar-refractivity contribution in [1.82, 2.24) is 0 Å². The SMILES string of the molecule is CC(C)C(=O)Oc1ccc(C(C)(C)c2ccc(O)cc2)cc1. The molecule has 0 aliphatic rings. The van der Waals surface area contributed by atoms with Crippen LogP contribution >= 0.6 is 0 Å². The molecule has 0 radical (unpaired) electrons. The third-order valence-electron chi connectivity index (χ3n) is 3.85. The average molecular weight is 298 g/mol. The number of esters is 1. The molecule has 0 fully saturated rings. The molecule has 3 heteroatoms. The fraction of sp³-hybridized carbons (Fsp3) is 0.316. The van der Waals surface area contributed by atoms with Crippen molar-refractivity contribution in [2.45, 2.75) is 33.1 Å². The predicted octanol–water partition coefficient (Wildman–Crippen LogP) is 4.28. The summed E-state index contributed by atoms with van der Waals surface area (Å²) in [7, 11) is 0. The van der Waals surface area contributed by atoms with Gasteiger partial charge in [0.05, 0.1) is 5.92 Å². The summed E-state index contributed by atoms with van der Waals surface area (Å²) < 4.78 is 5.29. The number of aromatic hydroxyl groups is 1. The first-order chi connectivity index (χ1) is 10.3. The van der Waals surface area contributed by atoms with Gasteiger partial charge in [-0.15, -0.1) is 0 Å². The Morgan fingerprint density at radius 1 is 0.955 bits per heavy atom. The summed E-state index contributed by atoms with van der Waals surface area (Å²) in [5, 5.41) is 9.41. The average Bonchev–Trinajstić information content (AvgIpc) is 2.48. The Balaban J connectivity index is 2.22. The highest BCUT2D eigenvalue weighted by molar-refractivity contribution is 5.74. The molecular weight excluding hydrogens is 276 g/mol. The highest BCUT2D eigenvalue weighted by Gasteiger charge is 2.23. The Morgan fingerprint density at radius 2 is 1.41 bits per heavy atom. The molecule has 0 spiro atoms. The quantitative estimate of drug-likeness (QED) is 0.677. The van der Waals surface area contributed by atoms with E-state index < -0.39 is 0 Å². The molecule has 0 atom stereocenters. The van der Waals surface area contributed by atoms with Gasteiger partial charge < -0.3 is 9.84 Å². The first kappa shape index (κ1) is 16.1. The van der Waals surface area contributed by atoms with Gasteiger partial charge in [0.1, 0.15) is 11.5 Å². The molecule has 0 aromatic heterocycles. The smallest absolute Gasteiger partial charge is 0.313 e. The molecule has 0 saturated heterocycles. The van der Waals surface area contributed by atoms with Crippen LogP contribution in [0.25, 0.3) is 0 Å². The van der Waals surface area contributed by atoms with E-state index in [1.165, 1.54) is 0 Å². The monoisotopic (exact) mass is 298 g/mol. The van der Waals surface area contributed by atoms with Crippen LogP contribution in [0.5, 0.6) is 11.5 Å². The van der Waals surface area contributed by atoms with Crippen LogP contribution in [0.2, 0.25) is 0 Å². The van der Waals surface area contributed by atoms with E-state index in [1.807, 2.05) is 50.2 Å². The molecule has 116 valence electrons. The van der Waals surface area contributed by atoms with Crippen LogP contribution in [0.15, 0.2) is 48.5 Å². The maximum Gasteiger partial charge on any atom is 0.313 e. The Kier molecular flexibility index (Phi) is 4.55. The molecule has 0 amide bonds. The lowest BCUT2D eigenvalue weighted by molar-refractivity contribution is -0.137. The van der Waals surface area contributed by atoms with E-state index in [4.69, 9.17) is 4.74 Å². The topological polar surface area (TPSA) is 46.5 Å². The Hall–Kier alpha value is -2.29. The predicted molar refractivity (Wildman–Crippen MR) is 87.1 cm³/mol. The zero-order valence-electron chi connectivity index (χ0n) is 13.5. The summed E-state index contributed by atoms with van der Waals surface area (Å²) in [5.74, 6) is 0.443. The van der Waals surface area contributed by atoms with E-state index in [1.54, 1.807) is 12.1 Å². The van der Waals surface area contributed by atoms with Crippen molar-refractivity contribution in [3.05, 3.63) is 59.7 Å². The van der Waals surface area contributed by atoms with Crippen LogP contribution in [-0.2, 0) is 10.2 Å². The minimum absolute atomic E-state index is 0.145. The Morgan fingerprint density at radius 3 is 1.86 bits per heavy atom. The number of rotatable bonds is 4. The van der Waals surface area contributed by atoms with Crippen molar-refractivity contribution >= 4 is 5.97 Å². The lowest BCUT2D eigenvalue weighted by atomic mass is 9.78. The van der Waals surface area contributed by atoms with Gasteiger partial charge in [-0.25, -0.2) is 0 Å². The lowest BCUT2D eigenvalue weighted by Gasteiger charge is -2.26. The number of phenolic OH excluding ortho intramolecular Hbond substituents is 1. The van der Waals surface area contributed by atoms with Crippen molar-refractivity contribution < 1.29 is 14.6 Å². The van der Waals surface area contributed by atoms with Crippen molar-refractivity contribution in [2.75, 3.05) is 0 Å². The third-order valence-corrected chi connectivity index (χ3v) is 3.85. The van der Waals surface area contributed by atoms with Crippen LogP contribution in [0, 0.1) is 5.92 Å². The lowest BCUT2D eigenvalue weighted by Crippen LogP contribution is -2.19. The number of carbonyl (C=O) groups is 1. The second-order valence-electron chi connectivity index (χ2n) is 6.27. The van der Waals surface area contributed by atoms with Gasteiger partial charge in [0.15, 0.2) is 0 Å². The fourth-order valence-electron chi connectivity index (χ4n) is 2.22. The van der Waals surface area contributed by atoms with Gasteiger partial charge in [-0.2, -0.15) is 0 Å². The summed E-state index contributed by atoms with van der Waals surface area (Å²) in [5.41, 5.74) is 2.02.